The van der Waals surface area contributed by atoms with Crippen molar-refractivity contribution in [3.8, 4) is 11.5 Å². The Morgan fingerprint density at radius 3 is 2.41 bits per heavy atom. The van der Waals surface area contributed by atoms with Gasteiger partial charge in [0.25, 0.3) is 11.1 Å². The summed E-state index contributed by atoms with van der Waals surface area (Å²) >= 11 is 4.12. The molecule has 1 atom stereocenters. The normalized spacial score (nSPS) is 15.7. The maximum atomic E-state index is 12.8. The number of thioether (sulfide) groups is 1. The van der Waals surface area contributed by atoms with E-state index in [1.807, 2.05) is 0 Å². The SMILES string of the molecule is CCOC(=O)COc1c(Br)cc(/C=C2/SC(=O)N([C@@H](C)C(=O)OCC)C2=O)cc1OCC. The van der Waals surface area contributed by atoms with Gasteiger partial charge < -0.3 is 18.9 Å². The van der Waals surface area contributed by atoms with Crippen LogP contribution in [0.3, 0.4) is 0 Å². The number of benzene rings is 1. The maximum Gasteiger partial charge on any atom is 0.344 e. The van der Waals surface area contributed by atoms with Crippen molar-refractivity contribution in [2.75, 3.05) is 26.4 Å². The zero-order valence-corrected chi connectivity index (χ0v) is 20.5. The summed E-state index contributed by atoms with van der Waals surface area (Å²) in [5.41, 5.74) is 0.554. The molecule has 0 aromatic heterocycles. The smallest absolute Gasteiger partial charge is 0.344 e. The fourth-order valence-electron chi connectivity index (χ4n) is 2.74. The molecule has 0 saturated carbocycles. The lowest BCUT2D eigenvalue weighted by atomic mass is 10.1. The van der Waals surface area contributed by atoms with Crippen LogP contribution in [0.25, 0.3) is 6.08 Å². The van der Waals surface area contributed by atoms with Gasteiger partial charge in [0.2, 0.25) is 0 Å². The number of hydrogen-bond donors (Lipinski definition) is 0. The van der Waals surface area contributed by atoms with E-state index in [0.717, 1.165) is 16.7 Å². The number of nitrogens with zero attached hydrogens (tertiary/aromatic N) is 1. The minimum absolute atomic E-state index is 0.147. The predicted molar refractivity (Wildman–Crippen MR) is 121 cm³/mol. The van der Waals surface area contributed by atoms with Crippen LogP contribution in [0.5, 0.6) is 11.5 Å². The molecule has 2 amide bonds. The molecule has 1 fully saturated rings. The highest BCUT2D eigenvalue weighted by molar-refractivity contribution is 9.10. The van der Waals surface area contributed by atoms with Crippen LogP contribution < -0.4 is 9.47 Å². The lowest BCUT2D eigenvalue weighted by molar-refractivity contribution is -0.150. The van der Waals surface area contributed by atoms with E-state index in [9.17, 15) is 19.2 Å². The molecular formula is C21H24BrNO8S. The van der Waals surface area contributed by atoms with Gasteiger partial charge in [0.1, 0.15) is 6.04 Å². The third-order valence-electron chi connectivity index (χ3n) is 4.11. The highest BCUT2D eigenvalue weighted by Gasteiger charge is 2.41. The molecule has 9 nitrogen and oxygen atoms in total. The van der Waals surface area contributed by atoms with E-state index in [-0.39, 0.29) is 24.7 Å². The van der Waals surface area contributed by atoms with Crippen LogP contribution in [0.1, 0.15) is 33.3 Å². The van der Waals surface area contributed by atoms with Crippen molar-refractivity contribution in [3.63, 3.8) is 0 Å². The average molecular weight is 530 g/mol. The summed E-state index contributed by atoms with van der Waals surface area (Å²) in [5.74, 6) is -1.11. The first-order valence-corrected chi connectivity index (χ1v) is 11.5. The first-order chi connectivity index (χ1) is 15.2. The maximum absolute atomic E-state index is 12.8. The van der Waals surface area contributed by atoms with Crippen molar-refractivity contribution in [2.45, 2.75) is 33.7 Å². The molecule has 32 heavy (non-hydrogen) atoms. The van der Waals surface area contributed by atoms with Gasteiger partial charge >= 0.3 is 11.9 Å². The van der Waals surface area contributed by atoms with E-state index < -0.39 is 29.1 Å². The standard InChI is InChI=1S/C21H24BrNO8S/c1-5-28-15-9-13(8-14(22)18(15)31-11-17(24)29-6-2)10-16-19(25)23(21(27)32-16)12(4)20(26)30-7-3/h8-10,12H,5-7,11H2,1-4H3/b16-10+/t12-/m0/s1. The molecule has 11 heteroatoms. The molecule has 2 rings (SSSR count). The fraction of sp³-hybridized carbons (Fsp3) is 0.429. The molecule has 0 unspecified atom stereocenters. The van der Waals surface area contributed by atoms with Crippen molar-refractivity contribution >= 4 is 56.9 Å². The molecule has 0 N–H and O–H groups in total. The number of hydrogen-bond acceptors (Lipinski definition) is 9. The van der Waals surface area contributed by atoms with Crippen molar-refractivity contribution in [1.29, 1.82) is 0 Å². The highest BCUT2D eigenvalue weighted by Crippen LogP contribution is 2.39. The molecule has 1 aromatic carbocycles. The molecule has 0 radical (unpaired) electrons. The molecule has 0 aliphatic carbocycles. The average Bonchev–Trinajstić information content (AvgIpc) is 3.00. The van der Waals surface area contributed by atoms with E-state index in [4.69, 9.17) is 18.9 Å². The van der Waals surface area contributed by atoms with E-state index in [0.29, 0.717) is 28.1 Å². The van der Waals surface area contributed by atoms with Crippen LogP contribution >= 0.6 is 27.7 Å². The van der Waals surface area contributed by atoms with Gasteiger partial charge in [0.15, 0.2) is 18.1 Å². The minimum atomic E-state index is -1.03. The molecule has 1 heterocycles. The summed E-state index contributed by atoms with van der Waals surface area (Å²) in [6.45, 7) is 7.00. The Morgan fingerprint density at radius 2 is 1.78 bits per heavy atom. The molecule has 1 aromatic rings. The zero-order chi connectivity index (χ0) is 23.8. The Morgan fingerprint density at radius 1 is 1.09 bits per heavy atom. The molecule has 1 aliphatic heterocycles. The minimum Gasteiger partial charge on any atom is -0.490 e. The Labute approximate surface area is 198 Å². The monoisotopic (exact) mass is 529 g/mol. The van der Waals surface area contributed by atoms with E-state index in [1.54, 1.807) is 32.9 Å². The third kappa shape index (κ3) is 6.26. The van der Waals surface area contributed by atoms with E-state index >= 15 is 0 Å². The van der Waals surface area contributed by atoms with E-state index in [2.05, 4.69) is 15.9 Å². The number of carbonyl (C=O) groups excluding carboxylic acids is 4. The molecule has 1 saturated heterocycles. The number of esters is 2. The summed E-state index contributed by atoms with van der Waals surface area (Å²) in [6, 6.07) is 2.25. The van der Waals surface area contributed by atoms with Gasteiger partial charge in [-0.1, -0.05) is 0 Å². The van der Waals surface area contributed by atoms with Crippen molar-refractivity contribution < 1.29 is 38.1 Å². The van der Waals surface area contributed by atoms with Crippen LogP contribution in [0, 0.1) is 0 Å². The lowest BCUT2D eigenvalue weighted by Crippen LogP contribution is -2.42. The van der Waals surface area contributed by atoms with Gasteiger partial charge in [-0.3, -0.25) is 14.5 Å². The molecular weight excluding hydrogens is 506 g/mol. The Hall–Kier alpha value is -2.53. The second kappa shape index (κ2) is 11.9. The number of carbonyl (C=O) groups is 4. The van der Waals surface area contributed by atoms with Gasteiger partial charge in [0.05, 0.1) is 29.2 Å². The Balaban J connectivity index is 2.29. The summed E-state index contributed by atoms with van der Waals surface area (Å²) in [5, 5.41) is -0.555. The summed E-state index contributed by atoms with van der Waals surface area (Å²) in [4.78, 5) is 49.7. The molecule has 0 bridgehead atoms. The van der Waals surface area contributed by atoms with Crippen LogP contribution in [-0.2, 0) is 23.9 Å². The van der Waals surface area contributed by atoms with Crippen LogP contribution in [0.2, 0.25) is 0 Å². The highest BCUT2D eigenvalue weighted by atomic mass is 79.9. The molecule has 1 aliphatic rings. The van der Waals surface area contributed by atoms with Crippen molar-refractivity contribution in [3.05, 3.63) is 27.1 Å². The number of imide groups is 1. The number of amides is 2. The van der Waals surface area contributed by atoms with Gasteiger partial charge in [-0.05, 0) is 79.2 Å². The summed E-state index contributed by atoms with van der Waals surface area (Å²) < 4.78 is 21.4. The van der Waals surface area contributed by atoms with Crippen LogP contribution in [0.15, 0.2) is 21.5 Å². The first kappa shape index (κ1) is 25.7. The summed E-state index contributed by atoms with van der Waals surface area (Å²) in [6.07, 6.45) is 1.52. The van der Waals surface area contributed by atoms with Crippen molar-refractivity contribution in [2.24, 2.45) is 0 Å². The second-order valence-corrected chi connectivity index (χ2v) is 8.18. The quantitative estimate of drug-likeness (QED) is 0.330. The number of rotatable bonds is 10. The fourth-order valence-corrected chi connectivity index (χ4v) is 4.22. The van der Waals surface area contributed by atoms with Gasteiger partial charge in [-0.15, -0.1) is 0 Å². The van der Waals surface area contributed by atoms with Gasteiger partial charge in [-0.25, -0.2) is 9.59 Å². The number of ether oxygens (including phenoxy) is 4. The lowest BCUT2D eigenvalue weighted by Gasteiger charge is -2.19. The van der Waals surface area contributed by atoms with Crippen LogP contribution in [0.4, 0.5) is 4.79 Å². The third-order valence-corrected chi connectivity index (χ3v) is 5.58. The molecule has 0 spiro atoms. The largest absolute Gasteiger partial charge is 0.490 e. The van der Waals surface area contributed by atoms with E-state index in [1.165, 1.54) is 13.0 Å². The van der Waals surface area contributed by atoms with Gasteiger partial charge in [0, 0.05) is 0 Å². The van der Waals surface area contributed by atoms with Gasteiger partial charge in [-0.2, -0.15) is 0 Å². The molecule has 174 valence electrons. The topological polar surface area (TPSA) is 108 Å². The summed E-state index contributed by atoms with van der Waals surface area (Å²) in [7, 11) is 0. The second-order valence-electron chi connectivity index (χ2n) is 6.34. The number of halogens is 1. The van der Waals surface area contributed by atoms with Crippen LogP contribution in [-0.4, -0.2) is 60.5 Å². The Kier molecular flexibility index (Phi) is 9.58. The zero-order valence-electron chi connectivity index (χ0n) is 18.1. The predicted octanol–water partition coefficient (Wildman–Crippen LogP) is 3.78. The Bertz CT molecular complexity index is 933. The van der Waals surface area contributed by atoms with Crippen molar-refractivity contribution in [1.82, 2.24) is 4.90 Å². The first-order valence-electron chi connectivity index (χ1n) is 9.91.